The number of rotatable bonds is 8. The zero-order valence-electron chi connectivity index (χ0n) is 12.4. The average Bonchev–Trinajstić information content (AvgIpc) is 2.47. The number of hydrogen-bond acceptors (Lipinski definition) is 2. The fourth-order valence-electron chi connectivity index (χ4n) is 1.68. The third-order valence-corrected chi connectivity index (χ3v) is 2.74. The first-order valence-electron chi connectivity index (χ1n) is 6.93. The van der Waals surface area contributed by atoms with Crippen molar-refractivity contribution in [2.24, 2.45) is 4.99 Å². The van der Waals surface area contributed by atoms with Crippen LogP contribution in [0.5, 0.6) is 0 Å². The van der Waals surface area contributed by atoms with Crippen LogP contribution in [0.4, 0.5) is 0 Å². The molecule has 0 aliphatic heterocycles. The van der Waals surface area contributed by atoms with Gasteiger partial charge < -0.3 is 15.4 Å². The van der Waals surface area contributed by atoms with Gasteiger partial charge in [-0.25, -0.2) is 0 Å². The summed E-state index contributed by atoms with van der Waals surface area (Å²) in [7, 11) is 1.79. The van der Waals surface area contributed by atoms with Gasteiger partial charge in [-0.2, -0.15) is 0 Å². The predicted molar refractivity (Wildman–Crippen MR) is 95.8 cm³/mol. The maximum Gasteiger partial charge on any atom is 0.191 e. The first-order valence-corrected chi connectivity index (χ1v) is 6.93. The molecule has 2 N–H and O–H groups in total. The first kappa shape index (κ1) is 19.2. The Hall–Kier alpha value is -0.820. The van der Waals surface area contributed by atoms with Gasteiger partial charge in [0.05, 0.1) is 0 Å². The molecule has 4 nitrogen and oxygen atoms in total. The smallest absolute Gasteiger partial charge is 0.191 e. The Balaban J connectivity index is 0.00000361. The molecule has 0 aromatic heterocycles. The van der Waals surface area contributed by atoms with Crippen molar-refractivity contribution in [3.05, 3.63) is 35.9 Å². The standard InChI is InChI=1S/C15H25N3O.HI/c1-3-19-12-8-7-11-17-15(16-2)18-13-14-9-5-4-6-10-14;/h4-6,9-10H,3,7-8,11-13H2,1-2H3,(H2,16,17,18);1H. The molecule has 0 saturated carbocycles. The van der Waals surface area contributed by atoms with E-state index < -0.39 is 0 Å². The van der Waals surface area contributed by atoms with Gasteiger partial charge in [0.1, 0.15) is 0 Å². The maximum absolute atomic E-state index is 5.30. The summed E-state index contributed by atoms with van der Waals surface area (Å²) in [5, 5.41) is 6.60. The minimum absolute atomic E-state index is 0. The van der Waals surface area contributed by atoms with Crippen molar-refractivity contribution >= 4 is 29.9 Å². The molecule has 1 aromatic carbocycles. The molecule has 0 radical (unpaired) electrons. The van der Waals surface area contributed by atoms with Crippen molar-refractivity contribution in [2.75, 3.05) is 26.8 Å². The monoisotopic (exact) mass is 391 g/mol. The Morgan fingerprint density at radius 1 is 1.15 bits per heavy atom. The minimum Gasteiger partial charge on any atom is -0.382 e. The van der Waals surface area contributed by atoms with Crippen molar-refractivity contribution in [3.63, 3.8) is 0 Å². The van der Waals surface area contributed by atoms with Crippen LogP contribution in [0.3, 0.4) is 0 Å². The number of hydrogen-bond donors (Lipinski definition) is 2. The first-order chi connectivity index (χ1) is 9.36. The van der Waals surface area contributed by atoms with Crippen molar-refractivity contribution in [3.8, 4) is 0 Å². The van der Waals surface area contributed by atoms with Gasteiger partial charge in [-0.15, -0.1) is 24.0 Å². The van der Waals surface area contributed by atoms with Crippen molar-refractivity contribution in [1.82, 2.24) is 10.6 Å². The normalized spacial score (nSPS) is 10.8. The second-order valence-electron chi connectivity index (χ2n) is 4.24. The van der Waals surface area contributed by atoms with E-state index in [0.717, 1.165) is 45.1 Å². The number of unbranched alkanes of at least 4 members (excludes halogenated alkanes) is 1. The fourth-order valence-corrected chi connectivity index (χ4v) is 1.68. The van der Waals surface area contributed by atoms with Gasteiger partial charge >= 0.3 is 0 Å². The molecule has 114 valence electrons. The van der Waals surface area contributed by atoms with E-state index in [-0.39, 0.29) is 24.0 Å². The van der Waals surface area contributed by atoms with E-state index in [1.54, 1.807) is 7.05 Å². The molecule has 1 rings (SSSR count). The van der Waals surface area contributed by atoms with Gasteiger partial charge in [0.2, 0.25) is 0 Å². The summed E-state index contributed by atoms with van der Waals surface area (Å²) < 4.78 is 5.30. The number of nitrogens with zero attached hydrogens (tertiary/aromatic N) is 1. The molecule has 5 heteroatoms. The highest BCUT2D eigenvalue weighted by Crippen LogP contribution is 1.96. The lowest BCUT2D eigenvalue weighted by Crippen LogP contribution is -2.37. The average molecular weight is 391 g/mol. The molecule has 0 spiro atoms. The van der Waals surface area contributed by atoms with Gasteiger partial charge in [-0.05, 0) is 25.3 Å². The van der Waals surface area contributed by atoms with Crippen molar-refractivity contribution < 1.29 is 4.74 Å². The Labute approximate surface area is 139 Å². The van der Waals surface area contributed by atoms with Crippen LogP contribution < -0.4 is 10.6 Å². The molecule has 0 amide bonds. The molecule has 20 heavy (non-hydrogen) atoms. The van der Waals surface area contributed by atoms with Crippen molar-refractivity contribution in [1.29, 1.82) is 0 Å². The molecule has 0 aliphatic carbocycles. The van der Waals surface area contributed by atoms with E-state index in [0.29, 0.717) is 0 Å². The largest absolute Gasteiger partial charge is 0.382 e. The SMILES string of the molecule is CCOCCCCNC(=NC)NCc1ccccc1.I. The highest BCUT2D eigenvalue weighted by molar-refractivity contribution is 14.0. The number of benzene rings is 1. The third kappa shape index (κ3) is 9.14. The Bertz CT molecular complexity index is 357. The van der Waals surface area contributed by atoms with E-state index in [9.17, 15) is 0 Å². The zero-order chi connectivity index (χ0) is 13.8. The van der Waals surface area contributed by atoms with E-state index in [4.69, 9.17) is 4.74 Å². The number of aliphatic imine (C=N–C) groups is 1. The molecule has 0 bridgehead atoms. The lowest BCUT2D eigenvalue weighted by Gasteiger charge is -2.11. The summed E-state index contributed by atoms with van der Waals surface area (Å²) in [6, 6.07) is 10.3. The van der Waals surface area contributed by atoms with Crippen LogP contribution in [0.2, 0.25) is 0 Å². The lowest BCUT2D eigenvalue weighted by molar-refractivity contribution is 0.143. The molecule has 0 unspecified atom stereocenters. The third-order valence-electron chi connectivity index (χ3n) is 2.74. The fraction of sp³-hybridized carbons (Fsp3) is 0.533. The lowest BCUT2D eigenvalue weighted by atomic mass is 10.2. The quantitative estimate of drug-likeness (QED) is 0.310. The summed E-state index contributed by atoms with van der Waals surface area (Å²) in [5.41, 5.74) is 1.25. The van der Waals surface area contributed by atoms with Gasteiger partial charge in [0.15, 0.2) is 5.96 Å². The van der Waals surface area contributed by atoms with Crippen LogP contribution in [-0.2, 0) is 11.3 Å². The second-order valence-corrected chi connectivity index (χ2v) is 4.24. The summed E-state index contributed by atoms with van der Waals surface area (Å²) >= 11 is 0. The van der Waals surface area contributed by atoms with Gasteiger partial charge in [-0.3, -0.25) is 4.99 Å². The molecule has 0 aliphatic rings. The van der Waals surface area contributed by atoms with Crippen LogP contribution in [0.1, 0.15) is 25.3 Å². The molecular weight excluding hydrogens is 365 g/mol. The van der Waals surface area contributed by atoms with Crippen molar-refractivity contribution in [2.45, 2.75) is 26.3 Å². The minimum atomic E-state index is 0. The van der Waals surface area contributed by atoms with Crippen LogP contribution >= 0.6 is 24.0 Å². The number of halogens is 1. The Kier molecular flexibility index (Phi) is 12.6. The maximum atomic E-state index is 5.30. The predicted octanol–water partition coefficient (Wildman–Crippen LogP) is 2.79. The second kappa shape index (κ2) is 13.2. The van der Waals surface area contributed by atoms with E-state index in [1.807, 2.05) is 25.1 Å². The molecule has 1 aromatic rings. The van der Waals surface area contributed by atoms with Gasteiger partial charge in [-0.1, -0.05) is 30.3 Å². The van der Waals surface area contributed by atoms with E-state index in [1.165, 1.54) is 5.56 Å². The molecular formula is C15H26IN3O. The topological polar surface area (TPSA) is 45.6 Å². The van der Waals surface area contributed by atoms with Crippen LogP contribution in [-0.4, -0.2) is 32.8 Å². The highest BCUT2D eigenvalue weighted by Gasteiger charge is 1.97. The van der Waals surface area contributed by atoms with E-state index in [2.05, 4.69) is 27.8 Å². The van der Waals surface area contributed by atoms with E-state index >= 15 is 0 Å². The summed E-state index contributed by atoms with van der Waals surface area (Å²) in [6.07, 6.45) is 2.17. The zero-order valence-corrected chi connectivity index (χ0v) is 14.7. The number of ether oxygens (including phenoxy) is 1. The number of nitrogens with one attached hydrogen (secondary N) is 2. The van der Waals surface area contributed by atoms with Crippen LogP contribution in [0.25, 0.3) is 0 Å². The van der Waals surface area contributed by atoms with Crippen LogP contribution in [0, 0.1) is 0 Å². The highest BCUT2D eigenvalue weighted by atomic mass is 127. The van der Waals surface area contributed by atoms with Crippen LogP contribution in [0.15, 0.2) is 35.3 Å². The van der Waals surface area contributed by atoms with Gasteiger partial charge in [0.25, 0.3) is 0 Å². The molecule has 0 fully saturated rings. The summed E-state index contributed by atoms with van der Waals surface area (Å²) in [6.45, 7) is 5.37. The molecule has 0 saturated heterocycles. The Morgan fingerprint density at radius 2 is 1.90 bits per heavy atom. The van der Waals surface area contributed by atoms with Gasteiger partial charge in [0, 0.05) is 33.4 Å². The summed E-state index contributed by atoms with van der Waals surface area (Å²) in [5.74, 6) is 0.847. The molecule has 0 heterocycles. The Morgan fingerprint density at radius 3 is 2.55 bits per heavy atom. The molecule has 0 atom stereocenters. The number of guanidine groups is 1. The summed E-state index contributed by atoms with van der Waals surface area (Å²) in [4.78, 5) is 4.20.